The van der Waals surface area contributed by atoms with Crippen LogP contribution in [-0.2, 0) is 6.42 Å². The van der Waals surface area contributed by atoms with Crippen LogP contribution in [0.15, 0.2) is 18.3 Å². The fraction of sp³-hybridized carbons (Fsp3) is 0.500. The van der Waals surface area contributed by atoms with Crippen LogP contribution in [0.3, 0.4) is 0 Å². The second kappa shape index (κ2) is 6.12. The quantitative estimate of drug-likeness (QED) is 0.758. The van der Waals surface area contributed by atoms with Crippen LogP contribution in [0.25, 0.3) is 0 Å². The molecule has 0 unspecified atom stereocenters. The van der Waals surface area contributed by atoms with Crippen LogP contribution in [0.4, 0.5) is 0 Å². The van der Waals surface area contributed by atoms with E-state index >= 15 is 0 Å². The number of aryl methyl sites for hydroxylation is 1. The minimum atomic E-state index is -0.0492. The fourth-order valence-corrected chi connectivity index (χ4v) is 1.86. The minimum Gasteiger partial charge on any atom is -0.351 e. The number of nitrogens with zero attached hydrogens (tertiary/aromatic N) is 4. The third-order valence-electron chi connectivity index (χ3n) is 2.82. The SMILES string of the molecule is CC(C)n1cccc1C(=O)NCCCc1nn[nH]n1. The Morgan fingerprint density at radius 3 is 3.05 bits per heavy atom. The molecule has 19 heavy (non-hydrogen) atoms. The summed E-state index contributed by atoms with van der Waals surface area (Å²) in [5.74, 6) is 0.617. The first-order chi connectivity index (χ1) is 9.18. The highest BCUT2D eigenvalue weighted by atomic mass is 16.1. The van der Waals surface area contributed by atoms with E-state index in [0.717, 1.165) is 6.42 Å². The largest absolute Gasteiger partial charge is 0.351 e. The van der Waals surface area contributed by atoms with Gasteiger partial charge in [-0.2, -0.15) is 5.21 Å². The zero-order valence-corrected chi connectivity index (χ0v) is 11.1. The maximum atomic E-state index is 12.0. The molecule has 2 heterocycles. The first-order valence-electron chi connectivity index (χ1n) is 6.36. The van der Waals surface area contributed by atoms with Gasteiger partial charge in [0.05, 0.1) is 0 Å². The molecule has 2 rings (SSSR count). The predicted molar refractivity (Wildman–Crippen MR) is 69.6 cm³/mol. The van der Waals surface area contributed by atoms with Gasteiger partial charge < -0.3 is 9.88 Å². The highest BCUT2D eigenvalue weighted by molar-refractivity contribution is 5.92. The van der Waals surface area contributed by atoms with Crippen molar-refractivity contribution < 1.29 is 4.79 Å². The third-order valence-corrected chi connectivity index (χ3v) is 2.82. The number of amides is 1. The molecule has 0 aliphatic carbocycles. The smallest absolute Gasteiger partial charge is 0.267 e. The summed E-state index contributed by atoms with van der Waals surface area (Å²) < 4.78 is 1.95. The Balaban J connectivity index is 1.79. The zero-order valence-electron chi connectivity index (χ0n) is 11.1. The molecular weight excluding hydrogens is 244 g/mol. The summed E-state index contributed by atoms with van der Waals surface area (Å²) in [6.07, 6.45) is 3.40. The van der Waals surface area contributed by atoms with Gasteiger partial charge in [0.1, 0.15) is 5.69 Å². The maximum Gasteiger partial charge on any atom is 0.267 e. The van der Waals surface area contributed by atoms with E-state index < -0.39 is 0 Å². The normalized spacial score (nSPS) is 10.9. The lowest BCUT2D eigenvalue weighted by Crippen LogP contribution is -2.27. The molecule has 0 aliphatic heterocycles. The van der Waals surface area contributed by atoms with E-state index in [2.05, 4.69) is 25.9 Å². The van der Waals surface area contributed by atoms with Crippen LogP contribution in [0.2, 0.25) is 0 Å². The van der Waals surface area contributed by atoms with Crippen molar-refractivity contribution in [2.24, 2.45) is 0 Å². The van der Waals surface area contributed by atoms with E-state index in [-0.39, 0.29) is 11.9 Å². The van der Waals surface area contributed by atoms with Gasteiger partial charge in [0.15, 0.2) is 5.82 Å². The van der Waals surface area contributed by atoms with Gasteiger partial charge in [-0.15, -0.1) is 10.2 Å². The molecule has 0 saturated heterocycles. The lowest BCUT2D eigenvalue weighted by molar-refractivity contribution is 0.0942. The Bertz CT molecular complexity index is 516. The number of hydrogen-bond donors (Lipinski definition) is 2. The number of aromatic nitrogens is 5. The van der Waals surface area contributed by atoms with Crippen LogP contribution in [0.1, 0.15) is 42.6 Å². The monoisotopic (exact) mass is 262 g/mol. The molecule has 0 spiro atoms. The summed E-state index contributed by atoms with van der Waals surface area (Å²) in [5.41, 5.74) is 0.689. The number of carbonyl (C=O) groups is 1. The predicted octanol–water partition coefficient (Wildman–Crippen LogP) is 0.945. The lowest BCUT2D eigenvalue weighted by Gasteiger charge is -2.12. The Morgan fingerprint density at radius 2 is 2.37 bits per heavy atom. The van der Waals surface area contributed by atoms with E-state index in [9.17, 15) is 4.79 Å². The summed E-state index contributed by atoms with van der Waals surface area (Å²) in [6.45, 7) is 4.69. The second-order valence-corrected chi connectivity index (χ2v) is 4.58. The summed E-state index contributed by atoms with van der Waals surface area (Å²) in [4.78, 5) is 12.0. The average Bonchev–Trinajstić information content (AvgIpc) is 3.04. The van der Waals surface area contributed by atoms with Gasteiger partial charge in [0.25, 0.3) is 5.91 Å². The first-order valence-corrected chi connectivity index (χ1v) is 6.36. The Morgan fingerprint density at radius 1 is 1.53 bits per heavy atom. The summed E-state index contributed by atoms with van der Waals surface area (Å²) >= 11 is 0. The highest BCUT2D eigenvalue weighted by Gasteiger charge is 2.11. The Labute approximate surface area is 111 Å². The number of carbonyl (C=O) groups excluding carboxylic acids is 1. The molecule has 2 aromatic rings. The van der Waals surface area contributed by atoms with Gasteiger partial charge in [0.2, 0.25) is 0 Å². The molecule has 0 bridgehead atoms. The number of aromatic amines is 1. The fourth-order valence-electron chi connectivity index (χ4n) is 1.86. The van der Waals surface area contributed by atoms with Gasteiger partial charge in [-0.05, 0) is 32.4 Å². The summed E-state index contributed by atoms with van der Waals surface area (Å²) in [6, 6.07) is 3.98. The molecule has 0 atom stereocenters. The van der Waals surface area contributed by atoms with Crippen molar-refractivity contribution >= 4 is 5.91 Å². The number of hydrogen-bond acceptors (Lipinski definition) is 4. The number of tetrazole rings is 1. The molecule has 2 aromatic heterocycles. The highest BCUT2D eigenvalue weighted by Crippen LogP contribution is 2.10. The number of H-pyrrole nitrogens is 1. The van der Waals surface area contributed by atoms with E-state index in [4.69, 9.17) is 0 Å². The molecular formula is C12H18N6O. The maximum absolute atomic E-state index is 12.0. The molecule has 7 heteroatoms. The number of nitrogens with one attached hydrogen (secondary N) is 2. The zero-order chi connectivity index (χ0) is 13.7. The van der Waals surface area contributed by atoms with Crippen molar-refractivity contribution in [3.05, 3.63) is 29.8 Å². The van der Waals surface area contributed by atoms with Gasteiger partial charge in [-0.1, -0.05) is 5.21 Å². The van der Waals surface area contributed by atoms with E-state index in [0.29, 0.717) is 24.5 Å². The van der Waals surface area contributed by atoms with Crippen LogP contribution in [-0.4, -0.2) is 37.6 Å². The lowest BCUT2D eigenvalue weighted by atomic mass is 10.3. The first kappa shape index (κ1) is 13.3. The second-order valence-electron chi connectivity index (χ2n) is 4.58. The molecule has 2 N–H and O–H groups in total. The van der Waals surface area contributed by atoms with Crippen molar-refractivity contribution in [2.45, 2.75) is 32.7 Å². The number of rotatable bonds is 6. The molecule has 7 nitrogen and oxygen atoms in total. The Kier molecular flexibility index (Phi) is 4.27. The molecule has 0 saturated carbocycles. The van der Waals surface area contributed by atoms with Crippen LogP contribution in [0.5, 0.6) is 0 Å². The minimum absolute atomic E-state index is 0.0492. The van der Waals surface area contributed by atoms with Crippen LogP contribution >= 0.6 is 0 Å². The van der Waals surface area contributed by atoms with Crippen molar-refractivity contribution in [1.29, 1.82) is 0 Å². The van der Waals surface area contributed by atoms with E-state index in [1.54, 1.807) is 0 Å². The summed E-state index contributed by atoms with van der Waals surface area (Å²) in [7, 11) is 0. The molecule has 0 aliphatic rings. The van der Waals surface area contributed by atoms with Crippen molar-refractivity contribution in [1.82, 2.24) is 30.5 Å². The van der Waals surface area contributed by atoms with Gasteiger partial charge in [0, 0.05) is 25.2 Å². The topological polar surface area (TPSA) is 88.5 Å². The van der Waals surface area contributed by atoms with E-state index in [1.165, 1.54) is 0 Å². The van der Waals surface area contributed by atoms with Crippen molar-refractivity contribution in [3.63, 3.8) is 0 Å². The van der Waals surface area contributed by atoms with E-state index in [1.807, 2.05) is 36.7 Å². The molecule has 0 fully saturated rings. The third kappa shape index (κ3) is 3.40. The molecule has 1 amide bonds. The molecule has 0 radical (unpaired) electrons. The standard InChI is InChI=1S/C12H18N6O/c1-9(2)18-8-4-5-10(18)12(19)13-7-3-6-11-14-16-17-15-11/h4-5,8-9H,3,6-7H2,1-2H3,(H,13,19)(H,14,15,16,17). The van der Waals surface area contributed by atoms with Crippen molar-refractivity contribution in [2.75, 3.05) is 6.54 Å². The Hall–Kier alpha value is -2.18. The summed E-state index contributed by atoms with van der Waals surface area (Å²) in [5, 5.41) is 16.5. The molecule has 0 aromatic carbocycles. The van der Waals surface area contributed by atoms with Gasteiger partial charge >= 0.3 is 0 Å². The van der Waals surface area contributed by atoms with Gasteiger partial charge in [-0.3, -0.25) is 4.79 Å². The van der Waals surface area contributed by atoms with Crippen molar-refractivity contribution in [3.8, 4) is 0 Å². The molecule has 102 valence electrons. The average molecular weight is 262 g/mol. The van der Waals surface area contributed by atoms with Crippen LogP contribution < -0.4 is 5.32 Å². The van der Waals surface area contributed by atoms with Gasteiger partial charge in [-0.25, -0.2) is 0 Å². The van der Waals surface area contributed by atoms with Crippen LogP contribution in [0, 0.1) is 0 Å².